The number of amides is 2. The molecule has 2 aromatic carbocycles. The molecule has 2 aliphatic rings. The summed E-state index contributed by atoms with van der Waals surface area (Å²) in [7, 11) is 2.18. The van der Waals surface area contributed by atoms with E-state index >= 15 is 0 Å². The van der Waals surface area contributed by atoms with Gasteiger partial charge in [0.1, 0.15) is 5.75 Å². The van der Waals surface area contributed by atoms with Gasteiger partial charge in [-0.15, -0.1) is 5.10 Å². The van der Waals surface area contributed by atoms with Crippen molar-refractivity contribution in [3.63, 3.8) is 0 Å². The number of aromatic nitrogens is 2. The minimum atomic E-state index is -0.312. The van der Waals surface area contributed by atoms with Crippen LogP contribution in [-0.4, -0.2) is 40.9 Å². The maximum atomic E-state index is 12.6. The molecule has 1 aromatic heterocycles. The fourth-order valence-corrected chi connectivity index (χ4v) is 4.80. The van der Waals surface area contributed by atoms with Crippen molar-refractivity contribution in [2.24, 2.45) is 0 Å². The minimum absolute atomic E-state index is 0.166. The first-order valence-corrected chi connectivity index (χ1v) is 11.3. The van der Waals surface area contributed by atoms with E-state index in [9.17, 15) is 4.79 Å². The van der Waals surface area contributed by atoms with Crippen LogP contribution in [0.2, 0.25) is 5.02 Å². The maximum Gasteiger partial charge on any atom is 0.320 e. The van der Waals surface area contributed by atoms with Gasteiger partial charge in [0.2, 0.25) is 0 Å². The quantitative estimate of drug-likeness (QED) is 0.589. The molecule has 2 atom stereocenters. The summed E-state index contributed by atoms with van der Waals surface area (Å²) >= 11 is 6.22. The largest absolute Gasteiger partial charge is 0.492 e. The number of nitrogens with zero attached hydrogens (tertiary/aromatic N) is 3. The molecule has 166 valence electrons. The minimum Gasteiger partial charge on any atom is -0.492 e. The van der Waals surface area contributed by atoms with E-state index in [4.69, 9.17) is 16.3 Å². The maximum absolute atomic E-state index is 12.6. The van der Waals surface area contributed by atoms with E-state index in [2.05, 4.69) is 51.9 Å². The number of hydrogen-bond donors (Lipinski definition) is 2. The zero-order valence-corrected chi connectivity index (χ0v) is 18.7. The van der Waals surface area contributed by atoms with Crippen LogP contribution in [0.4, 0.5) is 10.6 Å². The molecule has 0 bridgehead atoms. The summed E-state index contributed by atoms with van der Waals surface area (Å²) in [5.74, 6) is 1.13. The highest BCUT2D eigenvalue weighted by Gasteiger charge is 2.25. The number of hydrogen-bond acceptors (Lipinski definition) is 4. The summed E-state index contributed by atoms with van der Waals surface area (Å²) in [4.78, 5) is 15.0. The third-order valence-electron chi connectivity index (χ3n) is 6.22. The lowest BCUT2D eigenvalue weighted by Crippen LogP contribution is -2.35. The Bertz CT molecular complexity index is 1110. The Balaban J connectivity index is 1.23. The van der Waals surface area contributed by atoms with E-state index in [-0.39, 0.29) is 12.1 Å². The molecule has 0 aliphatic carbocycles. The molecule has 1 unspecified atom stereocenters. The summed E-state index contributed by atoms with van der Waals surface area (Å²) < 4.78 is 7.43. The summed E-state index contributed by atoms with van der Waals surface area (Å²) in [6, 6.07) is 15.8. The van der Waals surface area contributed by atoms with Crippen LogP contribution in [0.25, 0.3) is 5.69 Å². The summed E-state index contributed by atoms with van der Waals surface area (Å²) in [6.07, 6.45) is 4.96. The average Bonchev–Trinajstić information content (AvgIpc) is 3.43. The zero-order chi connectivity index (χ0) is 22.1. The van der Waals surface area contributed by atoms with Crippen molar-refractivity contribution in [1.29, 1.82) is 0 Å². The van der Waals surface area contributed by atoms with Crippen LogP contribution in [0, 0.1) is 0 Å². The molecule has 3 aromatic rings. The predicted molar refractivity (Wildman–Crippen MR) is 125 cm³/mol. The van der Waals surface area contributed by atoms with Gasteiger partial charge in [0.15, 0.2) is 5.82 Å². The Morgan fingerprint density at radius 3 is 2.78 bits per heavy atom. The number of nitrogens with one attached hydrogen (secondary N) is 2. The lowest BCUT2D eigenvalue weighted by Gasteiger charge is -2.27. The smallest absolute Gasteiger partial charge is 0.320 e. The van der Waals surface area contributed by atoms with Gasteiger partial charge in [-0.05, 0) is 50.2 Å². The molecular formula is C24H26ClN5O2. The number of benzene rings is 2. The van der Waals surface area contributed by atoms with Crippen LogP contribution >= 0.6 is 11.6 Å². The highest BCUT2D eigenvalue weighted by atomic mass is 35.5. The molecular weight excluding hydrogens is 426 g/mol. The summed E-state index contributed by atoms with van der Waals surface area (Å²) in [6.45, 7) is 1.65. The topological polar surface area (TPSA) is 71.4 Å². The Hall–Kier alpha value is -3.03. The average molecular weight is 452 g/mol. The number of para-hydroxylation sites is 1. The van der Waals surface area contributed by atoms with Gasteiger partial charge in [-0.3, -0.25) is 10.2 Å². The van der Waals surface area contributed by atoms with Crippen LogP contribution < -0.4 is 15.4 Å². The first kappa shape index (κ1) is 20.8. The zero-order valence-electron chi connectivity index (χ0n) is 17.9. The number of anilines is 1. The van der Waals surface area contributed by atoms with E-state index in [1.165, 1.54) is 18.4 Å². The molecule has 2 aliphatic heterocycles. The van der Waals surface area contributed by atoms with E-state index in [0.29, 0.717) is 35.7 Å². The van der Waals surface area contributed by atoms with Gasteiger partial charge in [-0.2, -0.15) is 0 Å². The van der Waals surface area contributed by atoms with Crippen molar-refractivity contribution < 1.29 is 9.53 Å². The first-order valence-electron chi connectivity index (χ1n) is 10.9. The van der Waals surface area contributed by atoms with E-state index in [0.717, 1.165) is 17.8 Å². The second-order valence-electron chi connectivity index (χ2n) is 8.32. The van der Waals surface area contributed by atoms with Gasteiger partial charge in [0.05, 0.1) is 23.4 Å². The van der Waals surface area contributed by atoms with Crippen molar-refractivity contribution in [3.8, 4) is 11.4 Å². The van der Waals surface area contributed by atoms with Crippen LogP contribution in [-0.2, 0) is 0 Å². The molecule has 1 fully saturated rings. The van der Waals surface area contributed by atoms with Crippen molar-refractivity contribution in [2.75, 3.05) is 25.5 Å². The number of urea groups is 1. The van der Waals surface area contributed by atoms with Gasteiger partial charge >= 0.3 is 6.03 Å². The van der Waals surface area contributed by atoms with Gasteiger partial charge in [-0.25, -0.2) is 9.48 Å². The molecule has 8 heteroatoms. The number of carbonyl (C=O) groups is 1. The summed E-state index contributed by atoms with van der Waals surface area (Å²) in [5, 5.41) is 10.9. The van der Waals surface area contributed by atoms with Gasteiger partial charge < -0.3 is 10.1 Å². The van der Waals surface area contributed by atoms with Gasteiger partial charge in [0.25, 0.3) is 0 Å². The molecule has 5 rings (SSSR count). The highest BCUT2D eigenvalue weighted by molar-refractivity contribution is 6.32. The molecule has 7 nitrogen and oxygen atoms in total. The predicted octanol–water partition coefficient (Wildman–Crippen LogP) is 4.94. The number of rotatable bonds is 4. The molecule has 2 N–H and O–H groups in total. The molecule has 32 heavy (non-hydrogen) atoms. The molecule has 2 amide bonds. The SMILES string of the molecule is CN1CCCC1c1ccc(-n2ccc(NC(=O)N[C@H]3CCOc4c(Cl)cccc43)n2)cc1. The second kappa shape index (κ2) is 8.84. The van der Waals surface area contributed by atoms with Crippen molar-refractivity contribution in [1.82, 2.24) is 20.0 Å². The molecule has 0 spiro atoms. The Labute approximate surface area is 192 Å². The second-order valence-corrected chi connectivity index (χ2v) is 8.73. The van der Waals surface area contributed by atoms with Crippen LogP contribution in [0.1, 0.15) is 42.5 Å². The molecule has 1 saturated heterocycles. The van der Waals surface area contributed by atoms with E-state index in [1.807, 2.05) is 18.3 Å². The third-order valence-corrected chi connectivity index (χ3v) is 6.52. The Kier molecular flexibility index (Phi) is 5.76. The third kappa shape index (κ3) is 4.18. The Morgan fingerprint density at radius 2 is 2.00 bits per heavy atom. The molecule has 3 heterocycles. The van der Waals surface area contributed by atoms with Gasteiger partial charge in [0, 0.05) is 30.3 Å². The first-order chi connectivity index (χ1) is 15.6. The Morgan fingerprint density at radius 1 is 1.16 bits per heavy atom. The number of halogens is 1. The molecule has 0 radical (unpaired) electrons. The summed E-state index contributed by atoms with van der Waals surface area (Å²) in [5.41, 5.74) is 3.17. The van der Waals surface area contributed by atoms with Crippen LogP contribution in [0.3, 0.4) is 0 Å². The lowest BCUT2D eigenvalue weighted by atomic mass is 10.0. The number of carbonyl (C=O) groups excluding carboxylic acids is 1. The highest BCUT2D eigenvalue weighted by Crippen LogP contribution is 2.37. The van der Waals surface area contributed by atoms with E-state index in [1.54, 1.807) is 16.8 Å². The molecule has 0 saturated carbocycles. The standard InChI is InChI=1S/C24H26ClN5O2/c1-29-13-3-6-21(29)16-7-9-17(10-8-16)30-14-11-22(28-30)27-24(31)26-20-12-15-32-23-18(20)4-2-5-19(23)25/h2,4-5,7-11,14,20-21H,3,6,12-13,15H2,1H3,(H2,26,27,28,31)/t20-,21?/m0/s1. The normalized spacial score (nSPS) is 20.4. The number of fused-ring (bicyclic) bond motifs is 1. The fraction of sp³-hybridized carbons (Fsp3) is 0.333. The monoisotopic (exact) mass is 451 g/mol. The number of ether oxygens (including phenoxy) is 1. The van der Waals surface area contributed by atoms with Crippen molar-refractivity contribution >= 4 is 23.4 Å². The van der Waals surface area contributed by atoms with Crippen molar-refractivity contribution in [2.45, 2.75) is 31.3 Å². The van der Waals surface area contributed by atoms with Crippen LogP contribution in [0.15, 0.2) is 54.7 Å². The van der Waals surface area contributed by atoms with Gasteiger partial charge in [-0.1, -0.05) is 35.9 Å². The fourth-order valence-electron chi connectivity index (χ4n) is 4.56. The van der Waals surface area contributed by atoms with Crippen molar-refractivity contribution in [3.05, 3.63) is 70.9 Å². The number of likely N-dealkylation sites (tertiary alicyclic amines) is 1. The van der Waals surface area contributed by atoms with E-state index < -0.39 is 0 Å². The van der Waals surface area contributed by atoms with Crippen LogP contribution in [0.5, 0.6) is 5.75 Å². The lowest BCUT2D eigenvalue weighted by molar-refractivity contribution is 0.232.